The van der Waals surface area contributed by atoms with E-state index in [1.54, 1.807) is 4.68 Å². The molecule has 128 valence electrons. The number of amides is 2. The van der Waals surface area contributed by atoms with Crippen molar-refractivity contribution in [3.63, 3.8) is 0 Å². The van der Waals surface area contributed by atoms with Gasteiger partial charge in [-0.25, -0.2) is 9.48 Å². The highest BCUT2D eigenvalue weighted by Crippen LogP contribution is 2.31. The Bertz CT molecular complexity index is 675. The molecule has 3 rings (SSSR count). The Balaban J connectivity index is 1.56. The minimum Gasteiger partial charge on any atom is -0.332 e. The Morgan fingerprint density at radius 3 is 2.92 bits per heavy atom. The number of thioether (sulfide) groups is 1. The average Bonchev–Trinajstić information content (AvgIpc) is 3.28. The van der Waals surface area contributed by atoms with Crippen molar-refractivity contribution >= 4 is 17.8 Å². The molecule has 0 bridgehead atoms. The molecule has 1 aliphatic carbocycles. The van der Waals surface area contributed by atoms with Crippen LogP contribution in [0.1, 0.15) is 25.0 Å². The molecule has 2 atom stereocenters. The van der Waals surface area contributed by atoms with E-state index in [2.05, 4.69) is 21.9 Å². The van der Waals surface area contributed by atoms with Crippen LogP contribution < -0.4 is 5.32 Å². The second-order valence-corrected chi connectivity index (χ2v) is 7.11. The molecular weight excluding hydrogens is 322 g/mol. The molecule has 0 unspecified atom stereocenters. The second kappa shape index (κ2) is 7.70. The molecule has 1 N–H and O–H groups in total. The predicted octanol–water partition coefficient (Wildman–Crippen LogP) is 2.69. The van der Waals surface area contributed by atoms with Crippen LogP contribution in [0.2, 0.25) is 0 Å². The third-order valence-corrected chi connectivity index (χ3v) is 5.68. The fraction of sp³-hybridized carbons (Fsp3) is 0.471. The zero-order valence-corrected chi connectivity index (χ0v) is 14.9. The fourth-order valence-corrected chi connectivity index (χ4v) is 4.19. The van der Waals surface area contributed by atoms with E-state index >= 15 is 0 Å². The Labute approximate surface area is 146 Å². The highest BCUT2D eigenvalue weighted by molar-refractivity contribution is 7.99. The van der Waals surface area contributed by atoms with Crippen LogP contribution in [0.25, 0.3) is 5.69 Å². The van der Waals surface area contributed by atoms with Gasteiger partial charge in [0.05, 0.1) is 18.4 Å². The average molecular weight is 345 g/mol. The summed E-state index contributed by atoms with van der Waals surface area (Å²) >= 11 is 1.85. The van der Waals surface area contributed by atoms with E-state index in [4.69, 9.17) is 0 Å². The molecule has 0 radical (unpaired) electrons. The highest BCUT2D eigenvalue weighted by atomic mass is 32.2. The molecule has 0 spiro atoms. The van der Waals surface area contributed by atoms with Gasteiger partial charge in [0.25, 0.3) is 0 Å². The summed E-state index contributed by atoms with van der Waals surface area (Å²) in [6, 6.07) is 10.1. The van der Waals surface area contributed by atoms with Crippen LogP contribution in [-0.2, 0) is 6.54 Å². The minimum absolute atomic E-state index is 0.0461. The first-order valence-electron chi connectivity index (χ1n) is 8.19. The summed E-state index contributed by atoms with van der Waals surface area (Å²) in [5.41, 5.74) is 1.70. The molecule has 2 amide bonds. The lowest BCUT2D eigenvalue weighted by Gasteiger charge is -2.28. The van der Waals surface area contributed by atoms with Crippen LogP contribution in [-0.4, -0.2) is 50.5 Å². The number of carbonyl (C=O) groups is 1. The lowest BCUT2D eigenvalue weighted by Crippen LogP contribution is -2.45. The van der Waals surface area contributed by atoms with Gasteiger partial charge < -0.3 is 10.2 Å². The molecule has 1 aromatic heterocycles. The van der Waals surface area contributed by atoms with Gasteiger partial charge in [0, 0.05) is 18.3 Å². The molecule has 2 aromatic rings. The predicted molar refractivity (Wildman–Crippen MR) is 96.3 cm³/mol. The fourth-order valence-electron chi connectivity index (χ4n) is 3.15. The standard InChI is InChI=1S/C17H23N5OS/c1-21(15-9-6-10-16(15)24-2)17(23)18-11-13-12-22(20-19-13)14-7-4-3-5-8-14/h3-5,7-8,12,15-16H,6,9-11H2,1-2H3,(H,18,23)/t15-,16-/m1/s1. The molecular formula is C17H23N5OS. The molecule has 1 heterocycles. The van der Waals surface area contributed by atoms with E-state index < -0.39 is 0 Å². The normalized spacial score (nSPS) is 20.1. The number of para-hydroxylation sites is 1. The minimum atomic E-state index is -0.0461. The number of nitrogens with zero attached hydrogens (tertiary/aromatic N) is 4. The number of benzene rings is 1. The van der Waals surface area contributed by atoms with E-state index in [1.165, 1.54) is 12.8 Å². The van der Waals surface area contributed by atoms with E-state index in [9.17, 15) is 4.79 Å². The van der Waals surface area contributed by atoms with Crippen LogP contribution in [0.3, 0.4) is 0 Å². The lowest BCUT2D eigenvalue weighted by molar-refractivity contribution is 0.191. The number of aromatic nitrogens is 3. The first-order chi connectivity index (χ1) is 11.7. The van der Waals surface area contributed by atoms with Crippen molar-refractivity contribution in [3.05, 3.63) is 42.2 Å². The van der Waals surface area contributed by atoms with Gasteiger partial charge in [0.1, 0.15) is 5.69 Å². The summed E-state index contributed by atoms with van der Waals surface area (Å²) in [5, 5.41) is 11.7. The molecule has 7 heteroatoms. The van der Waals surface area contributed by atoms with Gasteiger partial charge in [-0.15, -0.1) is 5.10 Å². The Kier molecular flexibility index (Phi) is 5.40. The number of nitrogens with one attached hydrogen (secondary N) is 1. The van der Waals surface area contributed by atoms with Gasteiger partial charge in [0.15, 0.2) is 0 Å². The maximum absolute atomic E-state index is 12.4. The van der Waals surface area contributed by atoms with Gasteiger partial charge in [-0.1, -0.05) is 29.8 Å². The first kappa shape index (κ1) is 16.8. The summed E-state index contributed by atoms with van der Waals surface area (Å²) in [5.74, 6) is 0. The largest absolute Gasteiger partial charge is 0.332 e. The monoisotopic (exact) mass is 345 g/mol. The molecule has 1 fully saturated rings. The van der Waals surface area contributed by atoms with Crippen molar-refractivity contribution in [1.82, 2.24) is 25.2 Å². The van der Waals surface area contributed by atoms with E-state index in [0.29, 0.717) is 17.8 Å². The SMILES string of the molecule is CS[C@@H]1CCC[C@H]1N(C)C(=O)NCc1cn(-c2ccccc2)nn1. The molecule has 0 saturated heterocycles. The van der Waals surface area contributed by atoms with Crippen LogP contribution >= 0.6 is 11.8 Å². The Morgan fingerprint density at radius 2 is 2.17 bits per heavy atom. The maximum atomic E-state index is 12.4. The molecule has 6 nitrogen and oxygen atoms in total. The third-order valence-electron chi connectivity index (χ3n) is 4.52. The second-order valence-electron chi connectivity index (χ2n) is 6.03. The zero-order chi connectivity index (χ0) is 16.9. The van der Waals surface area contributed by atoms with Crippen LogP contribution in [0.4, 0.5) is 4.79 Å². The van der Waals surface area contributed by atoms with Gasteiger partial charge in [-0.05, 0) is 31.2 Å². The number of carbonyl (C=O) groups excluding carboxylic acids is 1. The van der Waals surface area contributed by atoms with Crippen LogP contribution in [0, 0.1) is 0 Å². The molecule has 1 aliphatic rings. The Morgan fingerprint density at radius 1 is 1.38 bits per heavy atom. The summed E-state index contributed by atoms with van der Waals surface area (Å²) in [4.78, 5) is 14.2. The van der Waals surface area contributed by atoms with Crippen LogP contribution in [0.5, 0.6) is 0 Å². The highest BCUT2D eigenvalue weighted by Gasteiger charge is 2.32. The number of rotatable bonds is 5. The molecule has 1 saturated carbocycles. The van der Waals surface area contributed by atoms with Crippen molar-refractivity contribution < 1.29 is 4.79 Å². The quantitative estimate of drug-likeness (QED) is 0.905. The Hall–Kier alpha value is -2.02. The van der Waals surface area contributed by atoms with E-state index in [-0.39, 0.29) is 6.03 Å². The van der Waals surface area contributed by atoms with Gasteiger partial charge >= 0.3 is 6.03 Å². The maximum Gasteiger partial charge on any atom is 0.317 e. The summed E-state index contributed by atoms with van der Waals surface area (Å²) < 4.78 is 1.71. The third kappa shape index (κ3) is 3.72. The van der Waals surface area contributed by atoms with Gasteiger partial charge in [-0.2, -0.15) is 11.8 Å². The summed E-state index contributed by atoms with van der Waals surface area (Å²) in [6.45, 7) is 0.382. The van der Waals surface area contributed by atoms with Crippen molar-refractivity contribution in [2.24, 2.45) is 0 Å². The van der Waals surface area contributed by atoms with Crippen molar-refractivity contribution in [3.8, 4) is 5.69 Å². The first-order valence-corrected chi connectivity index (χ1v) is 9.48. The van der Waals surface area contributed by atoms with Crippen molar-refractivity contribution in [2.45, 2.75) is 37.1 Å². The molecule has 1 aromatic carbocycles. The number of hydrogen-bond acceptors (Lipinski definition) is 4. The number of hydrogen-bond donors (Lipinski definition) is 1. The van der Waals surface area contributed by atoms with Gasteiger partial charge in [-0.3, -0.25) is 0 Å². The summed E-state index contributed by atoms with van der Waals surface area (Å²) in [7, 11) is 1.88. The molecule has 24 heavy (non-hydrogen) atoms. The van der Waals surface area contributed by atoms with E-state index in [0.717, 1.165) is 17.8 Å². The lowest BCUT2D eigenvalue weighted by atomic mass is 10.2. The summed E-state index contributed by atoms with van der Waals surface area (Å²) in [6.07, 6.45) is 7.43. The number of urea groups is 1. The van der Waals surface area contributed by atoms with Crippen molar-refractivity contribution in [1.29, 1.82) is 0 Å². The molecule has 0 aliphatic heterocycles. The topological polar surface area (TPSA) is 63.1 Å². The van der Waals surface area contributed by atoms with Gasteiger partial charge in [0.2, 0.25) is 0 Å². The van der Waals surface area contributed by atoms with Crippen LogP contribution in [0.15, 0.2) is 36.5 Å². The smallest absolute Gasteiger partial charge is 0.317 e. The van der Waals surface area contributed by atoms with E-state index in [1.807, 2.05) is 60.2 Å². The van der Waals surface area contributed by atoms with Crippen molar-refractivity contribution in [2.75, 3.05) is 13.3 Å². The zero-order valence-electron chi connectivity index (χ0n) is 14.1.